The predicted octanol–water partition coefficient (Wildman–Crippen LogP) is 14.4. The maximum Gasteiger partial charge on any atom is 0.135 e. The monoisotopic (exact) mass is 715 g/mol. The fourth-order valence-corrected chi connectivity index (χ4v) is 9.02. The van der Waals surface area contributed by atoms with Crippen LogP contribution in [0.25, 0.3) is 87.7 Å². The van der Waals surface area contributed by atoms with Crippen molar-refractivity contribution in [3.05, 3.63) is 200 Å². The van der Waals surface area contributed by atoms with Crippen molar-refractivity contribution in [3.8, 4) is 11.4 Å². The van der Waals surface area contributed by atoms with Gasteiger partial charge < -0.3 is 18.5 Å². The van der Waals surface area contributed by atoms with Crippen molar-refractivity contribution in [1.82, 2.24) is 9.13 Å². The highest BCUT2D eigenvalue weighted by molar-refractivity contribution is 6.21. The van der Waals surface area contributed by atoms with Crippen LogP contribution in [-0.4, -0.2) is 9.13 Å². The summed E-state index contributed by atoms with van der Waals surface area (Å²) >= 11 is 0. The molecule has 3 aromatic heterocycles. The zero-order valence-electron chi connectivity index (χ0n) is 30.3. The van der Waals surface area contributed by atoms with Gasteiger partial charge in [0.15, 0.2) is 0 Å². The zero-order valence-corrected chi connectivity index (χ0v) is 30.3. The van der Waals surface area contributed by atoms with Gasteiger partial charge in [0.2, 0.25) is 0 Å². The molecule has 0 N–H and O–H groups in total. The molecule has 0 bridgehead atoms. The normalized spacial score (nSPS) is 11.9. The van der Waals surface area contributed by atoms with Crippen LogP contribution in [0.1, 0.15) is 0 Å². The molecule has 12 aromatic rings. The first-order valence-electron chi connectivity index (χ1n) is 19.1. The summed E-state index contributed by atoms with van der Waals surface area (Å²) in [4.78, 5) is 2.37. The summed E-state index contributed by atoms with van der Waals surface area (Å²) in [5, 5.41) is 9.70. The number of benzene rings is 9. The van der Waals surface area contributed by atoms with Gasteiger partial charge in [-0.3, -0.25) is 0 Å². The number of para-hydroxylation sites is 4. The van der Waals surface area contributed by atoms with Crippen LogP contribution in [-0.2, 0) is 0 Å². The molecule has 0 amide bonds. The Morgan fingerprint density at radius 2 is 0.857 bits per heavy atom. The topological polar surface area (TPSA) is 26.2 Å². The lowest BCUT2D eigenvalue weighted by molar-refractivity contribution is 0.669. The van der Waals surface area contributed by atoms with Gasteiger partial charge in [0.1, 0.15) is 11.2 Å². The second kappa shape index (κ2) is 12.0. The molecule has 56 heavy (non-hydrogen) atoms. The Labute approximate surface area is 322 Å². The summed E-state index contributed by atoms with van der Waals surface area (Å²) in [5.41, 5.74) is 12.0. The molecule has 0 radical (unpaired) electrons. The number of anilines is 3. The van der Waals surface area contributed by atoms with Gasteiger partial charge >= 0.3 is 0 Å². The highest BCUT2D eigenvalue weighted by atomic mass is 16.3. The first-order chi connectivity index (χ1) is 27.8. The van der Waals surface area contributed by atoms with Crippen LogP contribution in [0.5, 0.6) is 0 Å². The largest absolute Gasteiger partial charge is 0.456 e. The van der Waals surface area contributed by atoms with E-state index in [0.29, 0.717) is 0 Å². The van der Waals surface area contributed by atoms with E-state index in [4.69, 9.17) is 4.42 Å². The van der Waals surface area contributed by atoms with Crippen LogP contribution < -0.4 is 4.90 Å². The highest BCUT2D eigenvalue weighted by Crippen LogP contribution is 2.43. The molecule has 0 spiro atoms. The summed E-state index contributed by atoms with van der Waals surface area (Å²) in [6.07, 6.45) is 0. The lowest BCUT2D eigenvalue weighted by Crippen LogP contribution is -2.10. The van der Waals surface area contributed by atoms with E-state index in [1.54, 1.807) is 0 Å². The van der Waals surface area contributed by atoms with Crippen molar-refractivity contribution in [3.63, 3.8) is 0 Å². The first kappa shape index (κ1) is 30.9. The summed E-state index contributed by atoms with van der Waals surface area (Å²) in [7, 11) is 0. The minimum Gasteiger partial charge on any atom is -0.456 e. The van der Waals surface area contributed by atoms with Gasteiger partial charge in [-0.25, -0.2) is 0 Å². The quantitative estimate of drug-likeness (QED) is 0.177. The van der Waals surface area contributed by atoms with Gasteiger partial charge in [-0.05, 0) is 108 Å². The Kier molecular flexibility index (Phi) is 6.60. The van der Waals surface area contributed by atoms with Gasteiger partial charge in [-0.15, -0.1) is 0 Å². The summed E-state index contributed by atoms with van der Waals surface area (Å²) in [5.74, 6) is 0. The smallest absolute Gasteiger partial charge is 0.135 e. The van der Waals surface area contributed by atoms with E-state index in [9.17, 15) is 0 Å². The second-order valence-electron chi connectivity index (χ2n) is 14.6. The molecule has 0 atom stereocenters. The molecule has 262 valence electrons. The van der Waals surface area contributed by atoms with Crippen molar-refractivity contribution < 1.29 is 4.42 Å². The molecule has 12 rings (SSSR count). The van der Waals surface area contributed by atoms with E-state index in [1.807, 2.05) is 12.1 Å². The molecule has 4 nitrogen and oxygen atoms in total. The van der Waals surface area contributed by atoms with Crippen LogP contribution in [0.4, 0.5) is 17.1 Å². The van der Waals surface area contributed by atoms with Gasteiger partial charge in [-0.2, -0.15) is 0 Å². The lowest BCUT2D eigenvalue weighted by atomic mass is 10.0. The minimum atomic E-state index is 0.880. The fraction of sp³-hybridized carbons (Fsp3) is 0. The number of furan rings is 1. The Hall–Kier alpha value is -7.56. The maximum absolute atomic E-state index is 6.28. The first-order valence-corrected chi connectivity index (χ1v) is 19.1. The standard InChI is InChI=1S/C52H33N3O/c1-2-13-35(14-3-1)54-46-19-9-6-16-41(46)44-32-38(27-30-48(44)54)53(39-28-31-51-45(33-39)42-17-8-11-21-50(42)56-51)36-23-25-37(26-24-36)55-47-20-10-7-18-43(47)52-40-15-5-4-12-34(40)22-29-49(52)55/h1-33H. The van der Waals surface area contributed by atoms with Crippen LogP contribution in [0.3, 0.4) is 0 Å². The van der Waals surface area contributed by atoms with E-state index in [1.165, 1.54) is 54.4 Å². The lowest BCUT2D eigenvalue weighted by Gasteiger charge is -2.26. The van der Waals surface area contributed by atoms with Gasteiger partial charge in [-0.1, -0.05) is 103 Å². The molecule has 0 aliphatic heterocycles. The number of rotatable bonds is 5. The van der Waals surface area contributed by atoms with Crippen LogP contribution in [0, 0.1) is 0 Å². The molecule has 4 heteroatoms. The van der Waals surface area contributed by atoms with E-state index in [0.717, 1.165) is 50.4 Å². The highest BCUT2D eigenvalue weighted by Gasteiger charge is 2.20. The van der Waals surface area contributed by atoms with Crippen molar-refractivity contribution in [2.45, 2.75) is 0 Å². The minimum absolute atomic E-state index is 0.880. The summed E-state index contributed by atoms with van der Waals surface area (Å²) in [6.45, 7) is 0. The fourth-order valence-electron chi connectivity index (χ4n) is 9.02. The predicted molar refractivity (Wildman–Crippen MR) is 235 cm³/mol. The summed E-state index contributed by atoms with van der Waals surface area (Å²) < 4.78 is 11.0. The third-order valence-electron chi connectivity index (χ3n) is 11.5. The second-order valence-corrected chi connectivity index (χ2v) is 14.6. The zero-order chi connectivity index (χ0) is 36.7. The molecule has 0 fully saturated rings. The van der Waals surface area contributed by atoms with Crippen LogP contribution >= 0.6 is 0 Å². The van der Waals surface area contributed by atoms with E-state index >= 15 is 0 Å². The molecule has 0 saturated carbocycles. The number of hydrogen-bond acceptors (Lipinski definition) is 2. The number of hydrogen-bond donors (Lipinski definition) is 0. The van der Waals surface area contributed by atoms with Crippen molar-refractivity contribution in [2.75, 3.05) is 4.90 Å². The average Bonchev–Trinajstić information content (AvgIpc) is 3.92. The van der Waals surface area contributed by atoms with Crippen molar-refractivity contribution in [1.29, 1.82) is 0 Å². The third kappa shape index (κ3) is 4.53. The molecular formula is C52H33N3O. The maximum atomic E-state index is 6.28. The Balaban J connectivity index is 1.07. The number of aromatic nitrogens is 2. The Bertz CT molecular complexity index is 3480. The Morgan fingerprint density at radius 1 is 0.321 bits per heavy atom. The molecule has 3 heterocycles. The van der Waals surface area contributed by atoms with Crippen LogP contribution in [0.2, 0.25) is 0 Å². The summed E-state index contributed by atoms with van der Waals surface area (Å²) in [6, 6.07) is 72.0. The third-order valence-corrected chi connectivity index (χ3v) is 11.5. The van der Waals surface area contributed by atoms with Gasteiger partial charge in [0.25, 0.3) is 0 Å². The molecule has 9 aromatic carbocycles. The average molecular weight is 716 g/mol. The van der Waals surface area contributed by atoms with Gasteiger partial charge in [0.05, 0.1) is 22.1 Å². The van der Waals surface area contributed by atoms with Crippen molar-refractivity contribution >= 4 is 93.4 Å². The van der Waals surface area contributed by atoms with E-state index in [-0.39, 0.29) is 0 Å². The molecule has 0 saturated heterocycles. The SMILES string of the molecule is c1ccc(-n2c3ccccc3c3cc(N(c4ccc(-n5c6ccccc6c6c7ccccc7ccc65)cc4)c4ccc5oc6ccccc6c5c4)ccc32)cc1. The Morgan fingerprint density at radius 3 is 1.68 bits per heavy atom. The van der Waals surface area contributed by atoms with Gasteiger partial charge in [0, 0.05) is 60.8 Å². The number of fused-ring (bicyclic) bond motifs is 11. The molecule has 0 aliphatic carbocycles. The molecule has 0 unspecified atom stereocenters. The molecule has 0 aliphatic rings. The van der Waals surface area contributed by atoms with E-state index in [2.05, 4.69) is 202 Å². The number of nitrogens with zero attached hydrogens (tertiary/aromatic N) is 3. The molecular weight excluding hydrogens is 683 g/mol. The van der Waals surface area contributed by atoms with Crippen LogP contribution in [0.15, 0.2) is 205 Å². The van der Waals surface area contributed by atoms with Crippen molar-refractivity contribution in [2.24, 2.45) is 0 Å². The van der Waals surface area contributed by atoms with E-state index < -0.39 is 0 Å².